The molecular formula is C13H16ClN5O2. The van der Waals surface area contributed by atoms with Crippen LogP contribution in [0, 0.1) is 6.92 Å². The first-order chi connectivity index (χ1) is 9.97. The predicted molar refractivity (Wildman–Crippen MR) is 75.0 cm³/mol. The Labute approximate surface area is 126 Å². The molecule has 112 valence electrons. The van der Waals surface area contributed by atoms with E-state index in [-0.39, 0.29) is 12.5 Å². The fourth-order valence-electron chi connectivity index (χ4n) is 2.16. The summed E-state index contributed by atoms with van der Waals surface area (Å²) in [4.78, 5) is 18.3. The van der Waals surface area contributed by atoms with E-state index < -0.39 is 0 Å². The fourth-order valence-corrected chi connectivity index (χ4v) is 2.40. The summed E-state index contributed by atoms with van der Waals surface area (Å²) in [5.41, 5.74) is 0.989. The van der Waals surface area contributed by atoms with Crippen molar-refractivity contribution < 1.29 is 9.32 Å². The molecule has 0 unspecified atom stereocenters. The average Bonchev–Trinajstić information content (AvgIpc) is 3.13. The zero-order chi connectivity index (χ0) is 15.1. The maximum atomic E-state index is 12.4. The van der Waals surface area contributed by atoms with Crippen LogP contribution in [-0.4, -0.2) is 37.8 Å². The van der Waals surface area contributed by atoms with Gasteiger partial charge >= 0.3 is 0 Å². The largest absolute Gasteiger partial charge is 0.337 e. The summed E-state index contributed by atoms with van der Waals surface area (Å²) in [6, 6.07) is 0. The van der Waals surface area contributed by atoms with E-state index in [2.05, 4.69) is 15.2 Å². The molecule has 1 aliphatic carbocycles. The molecule has 3 rings (SSSR count). The van der Waals surface area contributed by atoms with Crippen LogP contribution in [-0.2, 0) is 13.6 Å². The third-order valence-electron chi connectivity index (χ3n) is 3.50. The number of amides is 1. The number of nitrogens with zero attached hydrogens (tertiary/aromatic N) is 5. The minimum atomic E-state index is -0.228. The highest BCUT2D eigenvalue weighted by molar-refractivity contribution is 6.34. The molecule has 21 heavy (non-hydrogen) atoms. The molecule has 2 aromatic heterocycles. The molecule has 7 nitrogen and oxygen atoms in total. The number of rotatable bonds is 4. The van der Waals surface area contributed by atoms with Crippen molar-refractivity contribution in [1.29, 1.82) is 0 Å². The fraction of sp³-hybridized carbons (Fsp3) is 0.538. The smallest absolute Gasteiger partial charge is 0.273 e. The Morgan fingerprint density at radius 3 is 2.81 bits per heavy atom. The van der Waals surface area contributed by atoms with Crippen molar-refractivity contribution in [1.82, 2.24) is 24.8 Å². The summed E-state index contributed by atoms with van der Waals surface area (Å²) in [6.45, 7) is 2.01. The minimum absolute atomic E-state index is 0.228. The van der Waals surface area contributed by atoms with Crippen molar-refractivity contribution in [3.63, 3.8) is 0 Å². The molecule has 8 heteroatoms. The van der Waals surface area contributed by atoms with Gasteiger partial charge in [-0.25, -0.2) is 0 Å². The second kappa shape index (κ2) is 5.14. The average molecular weight is 310 g/mol. The van der Waals surface area contributed by atoms with E-state index in [0.717, 1.165) is 18.7 Å². The lowest BCUT2D eigenvalue weighted by molar-refractivity contribution is 0.0759. The first kappa shape index (κ1) is 14.1. The first-order valence-corrected chi connectivity index (χ1v) is 7.12. The number of hydrogen-bond donors (Lipinski definition) is 0. The summed E-state index contributed by atoms with van der Waals surface area (Å²) >= 11 is 6.13. The van der Waals surface area contributed by atoms with Gasteiger partial charge in [0.05, 0.1) is 10.7 Å². The maximum Gasteiger partial charge on any atom is 0.273 e. The molecule has 1 amide bonds. The van der Waals surface area contributed by atoms with E-state index in [1.165, 1.54) is 9.58 Å². The van der Waals surface area contributed by atoms with Crippen LogP contribution in [0.4, 0.5) is 0 Å². The summed E-state index contributed by atoms with van der Waals surface area (Å²) in [5.74, 6) is 1.37. The monoisotopic (exact) mass is 309 g/mol. The summed E-state index contributed by atoms with van der Waals surface area (Å²) in [7, 11) is 3.36. The zero-order valence-corrected chi connectivity index (χ0v) is 12.9. The Balaban J connectivity index is 1.74. The van der Waals surface area contributed by atoms with Crippen molar-refractivity contribution in [3.8, 4) is 0 Å². The predicted octanol–water partition coefficient (Wildman–Crippen LogP) is 1.91. The van der Waals surface area contributed by atoms with Gasteiger partial charge in [0, 0.05) is 20.0 Å². The molecule has 0 saturated heterocycles. The molecule has 0 atom stereocenters. The molecule has 0 aliphatic heterocycles. The number of aromatic nitrogens is 4. The number of carbonyl (C=O) groups is 1. The van der Waals surface area contributed by atoms with E-state index in [1.54, 1.807) is 21.0 Å². The molecule has 0 N–H and O–H groups in total. The van der Waals surface area contributed by atoms with Gasteiger partial charge in [-0.2, -0.15) is 10.1 Å². The Morgan fingerprint density at radius 2 is 2.24 bits per heavy atom. The van der Waals surface area contributed by atoms with Crippen LogP contribution in [0.25, 0.3) is 0 Å². The molecule has 0 radical (unpaired) electrons. The lowest BCUT2D eigenvalue weighted by Gasteiger charge is -2.14. The van der Waals surface area contributed by atoms with Gasteiger partial charge in [-0.1, -0.05) is 16.8 Å². The Morgan fingerprint density at radius 1 is 1.52 bits per heavy atom. The lowest BCUT2D eigenvalue weighted by Crippen LogP contribution is -2.28. The van der Waals surface area contributed by atoms with Gasteiger partial charge in [0.25, 0.3) is 5.91 Å². The van der Waals surface area contributed by atoms with Crippen molar-refractivity contribution in [2.24, 2.45) is 7.05 Å². The highest BCUT2D eigenvalue weighted by Gasteiger charge is 2.29. The Kier molecular flexibility index (Phi) is 3.44. The highest BCUT2D eigenvalue weighted by atomic mass is 35.5. The molecule has 1 fully saturated rings. The van der Waals surface area contributed by atoms with Crippen molar-refractivity contribution in [3.05, 3.63) is 28.1 Å². The summed E-state index contributed by atoms with van der Waals surface area (Å²) < 4.78 is 6.66. The van der Waals surface area contributed by atoms with Crippen LogP contribution in [0.3, 0.4) is 0 Å². The number of carbonyl (C=O) groups excluding carboxylic acids is 1. The SMILES string of the molecule is Cc1nn(C)c(C(=O)N(C)Cc2nc(C3CC3)no2)c1Cl. The quantitative estimate of drug-likeness (QED) is 0.862. The van der Waals surface area contributed by atoms with Gasteiger partial charge in [0.2, 0.25) is 5.89 Å². The molecule has 1 saturated carbocycles. The molecule has 2 aromatic rings. The van der Waals surface area contributed by atoms with Gasteiger partial charge in [0.1, 0.15) is 12.2 Å². The summed E-state index contributed by atoms with van der Waals surface area (Å²) in [5, 5.41) is 8.45. The second-order valence-electron chi connectivity index (χ2n) is 5.35. The zero-order valence-electron chi connectivity index (χ0n) is 12.1. The van der Waals surface area contributed by atoms with Crippen molar-refractivity contribution in [2.45, 2.75) is 32.2 Å². The van der Waals surface area contributed by atoms with E-state index >= 15 is 0 Å². The highest BCUT2D eigenvalue weighted by Crippen LogP contribution is 2.38. The molecule has 1 aliphatic rings. The van der Waals surface area contributed by atoms with E-state index in [9.17, 15) is 4.79 Å². The van der Waals surface area contributed by atoms with E-state index in [0.29, 0.717) is 28.2 Å². The van der Waals surface area contributed by atoms with E-state index in [1.807, 2.05) is 0 Å². The number of halogens is 1. The van der Waals surface area contributed by atoms with Gasteiger partial charge < -0.3 is 9.42 Å². The van der Waals surface area contributed by atoms with Gasteiger partial charge in [0.15, 0.2) is 5.82 Å². The standard InChI is InChI=1S/C13H16ClN5O2/c1-7-10(14)11(19(3)16-7)13(20)18(2)6-9-15-12(17-21-9)8-4-5-8/h8H,4-6H2,1-3H3. The van der Waals surface area contributed by atoms with Gasteiger partial charge in [-0.3, -0.25) is 9.48 Å². The Hall–Kier alpha value is -1.89. The Bertz CT molecular complexity index is 689. The maximum absolute atomic E-state index is 12.4. The molecule has 0 aromatic carbocycles. The van der Waals surface area contributed by atoms with Crippen LogP contribution < -0.4 is 0 Å². The van der Waals surface area contributed by atoms with Crippen LogP contribution in [0.1, 0.15) is 46.7 Å². The lowest BCUT2D eigenvalue weighted by atomic mass is 10.3. The van der Waals surface area contributed by atoms with Crippen molar-refractivity contribution >= 4 is 17.5 Å². The van der Waals surface area contributed by atoms with Crippen molar-refractivity contribution in [2.75, 3.05) is 7.05 Å². The van der Waals surface area contributed by atoms with Gasteiger partial charge in [-0.15, -0.1) is 0 Å². The number of aryl methyl sites for hydroxylation is 2. The minimum Gasteiger partial charge on any atom is -0.337 e. The van der Waals surface area contributed by atoms with Crippen LogP contribution >= 0.6 is 11.6 Å². The molecule has 2 heterocycles. The second-order valence-corrected chi connectivity index (χ2v) is 5.73. The first-order valence-electron chi connectivity index (χ1n) is 6.74. The summed E-state index contributed by atoms with van der Waals surface area (Å²) in [6.07, 6.45) is 2.22. The third kappa shape index (κ3) is 2.65. The van der Waals surface area contributed by atoms with E-state index in [4.69, 9.17) is 16.1 Å². The number of hydrogen-bond acceptors (Lipinski definition) is 5. The molecule has 0 spiro atoms. The normalized spacial score (nSPS) is 14.5. The van der Waals surface area contributed by atoms with Crippen LogP contribution in [0.5, 0.6) is 0 Å². The van der Waals surface area contributed by atoms with Crippen LogP contribution in [0.15, 0.2) is 4.52 Å². The van der Waals surface area contributed by atoms with Gasteiger partial charge in [-0.05, 0) is 19.8 Å². The molecular weight excluding hydrogens is 294 g/mol. The third-order valence-corrected chi connectivity index (χ3v) is 3.95. The van der Waals surface area contributed by atoms with Crippen LogP contribution in [0.2, 0.25) is 5.02 Å². The topological polar surface area (TPSA) is 77.1 Å². The molecule has 0 bridgehead atoms.